The van der Waals surface area contributed by atoms with Gasteiger partial charge in [0.25, 0.3) is 0 Å². The molecule has 1 atom stereocenters. The number of carbonyl (C=O) groups excluding carboxylic acids is 2. The fourth-order valence-corrected chi connectivity index (χ4v) is 1.88. The largest absolute Gasteiger partial charge is 0.352 e. The lowest BCUT2D eigenvalue weighted by Crippen LogP contribution is -2.48. The average molecular weight is 284 g/mol. The van der Waals surface area contributed by atoms with E-state index in [9.17, 15) is 9.59 Å². The highest BCUT2D eigenvalue weighted by molar-refractivity contribution is 6.31. The van der Waals surface area contributed by atoms with Crippen molar-refractivity contribution in [1.82, 2.24) is 10.6 Å². The molecule has 4 N–H and O–H groups in total. The Hall–Kier alpha value is -1.75. The van der Waals surface area contributed by atoms with Gasteiger partial charge in [-0.15, -0.1) is 0 Å². The first-order valence-corrected chi connectivity index (χ1v) is 6.49. The lowest BCUT2D eigenvalue weighted by atomic mass is 10.1. The first kappa shape index (κ1) is 15.3. The van der Waals surface area contributed by atoms with Gasteiger partial charge >= 0.3 is 6.03 Å². The molecule has 0 unspecified atom stereocenters. The molecule has 5 nitrogen and oxygen atoms in total. The second-order valence-corrected chi connectivity index (χ2v) is 4.57. The standard InChI is InChI=1S/C13H18ClN3O2/c1-2-5-11(17-13(15)19)12(18)16-8-9-6-3-4-7-10(9)14/h3-4,6-7,11H,2,5,8H2,1H3,(H,16,18)(H3,15,17,19)/t11-/m1/s1. The third kappa shape index (κ3) is 5.18. The highest BCUT2D eigenvalue weighted by atomic mass is 35.5. The third-order valence-electron chi connectivity index (χ3n) is 2.62. The van der Waals surface area contributed by atoms with Crippen molar-refractivity contribution < 1.29 is 9.59 Å². The molecule has 3 amide bonds. The number of urea groups is 1. The molecule has 1 rings (SSSR count). The maximum atomic E-state index is 11.9. The van der Waals surface area contributed by atoms with E-state index in [4.69, 9.17) is 17.3 Å². The number of halogens is 1. The predicted octanol–water partition coefficient (Wildman–Crippen LogP) is 1.79. The molecule has 6 heteroatoms. The summed E-state index contributed by atoms with van der Waals surface area (Å²) in [5.41, 5.74) is 5.87. The molecule has 0 spiro atoms. The van der Waals surface area contributed by atoms with Gasteiger partial charge in [0.1, 0.15) is 6.04 Å². The average Bonchev–Trinajstić information content (AvgIpc) is 2.36. The van der Waals surface area contributed by atoms with E-state index < -0.39 is 12.1 Å². The van der Waals surface area contributed by atoms with Crippen LogP contribution in [0.4, 0.5) is 4.79 Å². The summed E-state index contributed by atoms with van der Waals surface area (Å²) in [7, 11) is 0. The van der Waals surface area contributed by atoms with Crippen LogP contribution in [0, 0.1) is 0 Å². The third-order valence-corrected chi connectivity index (χ3v) is 2.99. The summed E-state index contributed by atoms with van der Waals surface area (Å²) < 4.78 is 0. The van der Waals surface area contributed by atoms with Gasteiger partial charge in [0, 0.05) is 11.6 Å². The van der Waals surface area contributed by atoms with Crippen molar-refractivity contribution in [1.29, 1.82) is 0 Å². The molecule has 0 radical (unpaired) electrons. The monoisotopic (exact) mass is 283 g/mol. The van der Waals surface area contributed by atoms with E-state index in [0.29, 0.717) is 18.0 Å². The summed E-state index contributed by atoms with van der Waals surface area (Å²) in [6.45, 7) is 2.25. The second kappa shape index (κ2) is 7.63. The number of nitrogens with two attached hydrogens (primary N) is 1. The summed E-state index contributed by atoms with van der Waals surface area (Å²) in [6, 6.07) is 5.95. The molecule has 0 heterocycles. The van der Waals surface area contributed by atoms with Crippen molar-refractivity contribution in [2.75, 3.05) is 0 Å². The van der Waals surface area contributed by atoms with Crippen LogP contribution in [0.25, 0.3) is 0 Å². The summed E-state index contributed by atoms with van der Waals surface area (Å²) in [5, 5.41) is 5.76. The Morgan fingerprint density at radius 2 is 2.05 bits per heavy atom. The first-order chi connectivity index (χ1) is 9.04. The molecular formula is C13H18ClN3O2. The zero-order valence-corrected chi connectivity index (χ0v) is 11.5. The SMILES string of the molecule is CCC[C@@H](NC(N)=O)C(=O)NCc1ccccc1Cl. The fourth-order valence-electron chi connectivity index (χ4n) is 1.68. The molecule has 0 aliphatic carbocycles. The van der Waals surface area contributed by atoms with Crippen molar-refractivity contribution in [2.24, 2.45) is 5.73 Å². The van der Waals surface area contributed by atoms with Gasteiger partial charge in [-0.1, -0.05) is 43.1 Å². The van der Waals surface area contributed by atoms with Crippen LogP contribution in [0.2, 0.25) is 5.02 Å². The molecule has 0 saturated heterocycles. The number of hydrogen-bond acceptors (Lipinski definition) is 2. The number of rotatable bonds is 6. The number of nitrogens with one attached hydrogen (secondary N) is 2. The Balaban J connectivity index is 2.57. The van der Waals surface area contributed by atoms with Crippen LogP contribution in [-0.4, -0.2) is 18.0 Å². The van der Waals surface area contributed by atoms with Crippen molar-refractivity contribution in [2.45, 2.75) is 32.4 Å². The molecule has 0 aliphatic heterocycles. The Bertz CT molecular complexity index is 451. The zero-order valence-electron chi connectivity index (χ0n) is 10.8. The number of hydrogen-bond donors (Lipinski definition) is 3. The lowest BCUT2D eigenvalue weighted by molar-refractivity contribution is -0.123. The van der Waals surface area contributed by atoms with Crippen molar-refractivity contribution in [3.8, 4) is 0 Å². The van der Waals surface area contributed by atoms with Crippen molar-refractivity contribution in [3.63, 3.8) is 0 Å². The Morgan fingerprint density at radius 3 is 2.63 bits per heavy atom. The van der Waals surface area contributed by atoms with Crippen LogP contribution < -0.4 is 16.4 Å². The van der Waals surface area contributed by atoms with Gasteiger partial charge in [-0.3, -0.25) is 4.79 Å². The van der Waals surface area contributed by atoms with Gasteiger partial charge in [-0.05, 0) is 18.1 Å². The number of benzene rings is 1. The van der Waals surface area contributed by atoms with E-state index in [-0.39, 0.29) is 5.91 Å². The van der Waals surface area contributed by atoms with E-state index in [0.717, 1.165) is 12.0 Å². The smallest absolute Gasteiger partial charge is 0.312 e. The molecule has 0 aliphatic rings. The molecule has 104 valence electrons. The minimum Gasteiger partial charge on any atom is -0.352 e. The summed E-state index contributed by atoms with van der Waals surface area (Å²) in [6.07, 6.45) is 1.31. The Labute approximate surface area is 117 Å². The minimum absolute atomic E-state index is 0.263. The summed E-state index contributed by atoms with van der Waals surface area (Å²) >= 11 is 5.99. The number of carbonyl (C=O) groups is 2. The zero-order chi connectivity index (χ0) is 14.3. The van der Waals surface area contributed by atoms with Gasteiger partial charge in [0.2, 0.25) is 5.91 Å². The Morgan fingerprint density at radius 1 is 1.37 bits per heavy atom. The van der Waals surface area contributed by atoms with E-state index in [2.05, 4.69) is 10.6 Å². The summed E-state index contributed by atoms with van der Waals surface area (Å²) in [5.74, 6) is -0.263. The Kier molecular flexibility index (Phi) is 6.15. The topological polar surface area (TPSA) is 84.2 Å². The molecule has 0 bridgehead atoms. The van der Waals surface area contributed by atoms with Gasteiger partial charge < -0.3 is 16.4 Å². The van der Waals surface area contributed by atoms with E-state index in [1.54, 1.807) is 6.07 Å². The second-order valence-electron chi connectivity index (χ2n) is 4.16. The fraction of sp³-hybridized carbons (Fsp3) is 0.385. The highest BCUT2D eigenvalue weighted by Crippen LogP contribution is 2.14. The normalized spacial score (nSPS) is 11.7. The molecule has 0 saturated carbocycles. The van der Waals surface area contributed by atoms with Crippen LogP contribution in [-0.2, 0) is 11.3 Å². The van der Waals surface area contributed by atoms with Gasteiger partial charge in [-0.25, -0.2) is 4.79 Å². The molecular weight excluding hydrogens is 266 g/mol. The maximum Gasteiger partial charge on any atom is 0.312 e. The summed E-state index contributed by atoms with van der Waals surface area (Å²) in [4.78, 5) is 22.8. The van der Waals surface area contributed by atoms with Crippen LogP contribution in [0.15, 0.2) is 24.3 Å². The highest BCUT2D eigenvalue weighted by Gasteiger charge is 2.18. The van der Waals surface area contributed by atoms with Crippen LogP contribution in [0.1, 0.15) is 25.3 Å². The van der Waals surface area contributed by atoms with Crippen LogP contribution >= 0.6 is 11.6 Å². The predicted molar refractivity (Wildman–Crippen MR) is 74.7 cm³/mol. The van der Waals surface area contributed by atoms with E-state index >= 15 is 0 Å². The van der Waals surface area contributed by atoms with E-state index in [1.165, 1.54) is 0 Å². The number of primary amides is 1. The molecule has 0 aromatic heterocycles. The molecule has 19 heavy (non-hydrogen) atoms. The number of amides is 3. The van der Waals surface area contributed by atoms with Crippen LogP contribution in [0.3, 0.4) is 0 Å². The van der Waals surface area contributed by atoms with Crippen molar-refractivity contribution in [3.05, 3.63) is 34.9 Å². The van der Waals surface area contributed by atoms with Crippen LogP contribution in [0.5, 0.6) is 0 Å². The molecule has 1 aromatic carbocycles. The lowest BCUT2D eigenvalue weighted by Gasteiger charge is -2.16. The van der Waals surface area contributed by atoms with Gasteiger partial charge in [0.05, 0.1) is 0 Å². The van der Waals surface area contributed by atoms with Gasteiger partial charge in [-0.2, -0.15) is 0 Å². The molecule has 1 aromatic rings. The van der Waals surface area contributed by atoms with Crippen molar-refractivity contribution >= 4 is 23.5 Å². The maximum absolute atomic E-state index is 11.9. The molecule has 0 fully saturated rings. The van der Waals surface area contributed by atoms with E-state index in [1.807, 2.05) is 25.1 Å². The first-order valence-electron chi connectivity index (χ1n) is 6.11. The van der Waals surface area contributed by atoms with Gasteiger partial charge in [0.15, 0.2) is 0 Å². The quantitative estimate of drug-likeness (QED) is 0.744. The minimum atomic E-state index is -0.702.